The van der Waals surface area contributed by atoms with Gasteiger partial charge in [0, 0.05) is 39.2 Å². The average Bonchev–Trinajstić information content (AvgIpc) is 3.31. The number of halogens is 2. The molecule has 5 nitrogen and oxygen atoms in total. The Morgan fingerprint density at radius 1 is 1.24 bits per heavy atom. The van der Waals surface area contributed by atoms with Crippen LogP contribution in [-0.2, 0) is 24.4 Å². The Hall–Kier alpha value is -1.86. The van der Waals surface area contributed by atoms with Crippen LogP contribution in [0.25, 0.3) is 0 Å². The first-order valence-electron chi connectivity index (χ1n) is 8.71. The minimum absolute atomic E-state index is 0.188. The molecule has 1 saturated carbocycles. The smallest absolute Gasteiger partial charge is 0.159 e. The van der Waals surface area contributed by atoms with E-state index >= 15 is 0 Å². The zero-order valence-electron chi connectivity index (χ0n) is 14.3. The van der Waals surface area contributed by atoms with Gasteiger partial charge in [0.2, 0.25) is 0 Å². The van der Waals surface area contributed by atoms with E-state index in [9.17, 15) is 8.78 Å². The van der Waals surface area contributed by atoms with Crippen LogP contribution in [0.5, 0.6) is 0 Å². The summed E-state index contributed by atoms with van der Waals surface area (Å²) >= 11 is 0. The van der Waals surface area contributed by atoms with Gasteiger partial charge in [0.05, 0.1) is 12.3 Å². The number of ether oxygens (including phenoxy) is 1. The first kappa shape index (κ1) is 16.6. The van der Waals surface area contributed by atoms with Gasteiger partial charge in [-0.25, -0.2) is 13.5 Å². The monoisotopic (exact) mass is 348 g/mol. The van der Waals surface area contributed by atoms with E-state index in [1.54, 1.807) is 13.2 Å². The average molecular weight is 348 g/mol. The van der Waals surface area contributed by atoms with E-state index in [4.69, 9.17) is 4.74 Å². The molecule has 1 fully saturated rings. The van der Waals surface area contributed by atoms with E-state index in [0.717, 1.165) is 30.3 Å². The van der Waals surface area contributed by atoms with Gasteiger partial charge in [-0.3, -0.25) is 4.90 Å². The van der Waals surface area contributed by atoms with E-state index in [2.05, 4.69) is 15.2 Å². The maximum absolute atomic E-state index is 13.5. The Bertz CT molecular complexity index is 760. The largest absolute Gasteiger partial charge is 0.384 e. The SMILES string of the molecule is COCC1CN(Cc2ccc(F)c(F)c2)Cc2nnn(CC3CC3)c21. The second kappa shape index (κ2) is 6.80. The molecule has 4 rings (SSSR count). The number of aromatic nitrogens is 3. The van der Waals surface area contributed by atoms with Crippen LogP contribution in [0.4, 0.5) is 8.78 Å². The molecule has 1 aliphatic carbocycles. The van der Waals surface area contributed by atoms with Crippen molar-refractivity contribution in [2.45, 2.75) is 38.4 Å². The van der Waals surface area contributed by atoms with Crippen molar-refractivity contribution < 1.29 is 13.5 Å². The number of fused-ring (bicyclic) bond motifs is 1. The fraction of sp³-hybridized carbons (Fsp3) is 0.556. The van der Waals surface area contributed by atoms with E-state index in [0.29, 0.717) is 19.7 Å². The number of nitrogens with zero attached hydrogens (tertiary/aromatic N) is 4. The Labute approximate surface area is 145 Å². The molecule has 1 aliphatic heterocycles. The van der Waals surface area contributed by atoms with Gasteiger partial charge in [0.15, 0.2) is 11.6 Å². The van der Waals surface area contributed by atoms with Crippen LogP contribution in [0, 0.1) is 17.6 Å². The van der Waals surface area contributed by atoms with Crippen LogP contribution in [0.3, 0.4) is 0 Å². The van der Waals surface area contributed by atoms with Gasteiger partial charge in [-0.2, -0.15) is 0 Å². The molecule has 134 valence electrons. The lowest BCUT2D eigenvalue weighted by Crippen LogP contribution is -2.36. The van der Waals surface area contributed by atoms with Crippen molar-refractivity contribution in [3.8, 4) is 0 Å². The third kappa shape index (κ3) is 3.57. The van der Waals surface area contributed by atoms with E-state index in [1.165, 1.54) is 30.7 Å². The Morgan fingerprint density at radius 3 is 2.80 bits per heavy atom. The van der Waals surface area contributed by atoms with Crippen molar-refractivity contribution in [1.82, 2.24) is 19.9 Å². The molecule has 0 amide bonds. The van der Waals surface area contributed by atoms with Crippen molar-refractivity contribution in [1.29, 1.82) is 0 Å². The zero-order chi connectivity index (χ0) is 17.4. The summed E-state index contributed by atoms with van der Waals surface area (Å²) in [6.07, 6.45) is 2.54. The van der Waals surface area contributed by atoms with Gasteiger partial charge >= 0.3 is 0 Å². The molecule has 1 aromatic carbocycles. The molecular weight excluding hydrogens is 326 g/mol. The van der Waals surface area contributed by atoms with Gasteiger partial charge in [-0.05, 0) is 36.5 Å². The van der Waals surface area contributed by atoms with Gasteiger partial charge in [0.1, 0.15) is 5.69 Å². The van der Waals surface area contributed by atoms with Gasteiger partial charge in [0.25, 0.3) is 0 Å². The number of hydrogen-bond acceptors (Lipinski definition) is 4. The molecule has 2 aromatic rings. The quantitative estimate of drug-likeness (QED) is 0.805. The fourth-order valence-corrected chi connectivity index (χ4v) is 3.62. The summed E-state index contributed by atoms with van der Waals surface area (Å²) in [5.74, 6) is -0.703. The normalized spacial score (nSPS) is 20.7. The molecule has 0 radical (unpaired) electrons. The highest BCUT2D eigenvalue weighted by Gasteiger charge is 2.33. The first-order valence-corrected chi connectivity index (χ1v) is 8.71. The summed E-state index contributed by atoms with van der Waals surface area (Å²) < 4.78 is 34.0. The molecule has 1 unspecified atom stereocenters. The van der Waals surface area contributed by atoms with E-state index < -0.39 is 11.6 Å². The molecule has 2 aliphatic rings. The molecule has 1 aromatic heterocycles. The highest BCUT2D eigenvalue weighted by molar-refractivity contribution is 5.22. The lowest BCUT2D eigenvalue weighted by Gasteiger charge is -2.32. The van der Waals surface area contributed by atoms with Crippen molar-refractivity contribution in [3.05, 3.63) is 46.8 Å². The van der Waals surface area contributed by atoms with Crippen molar-refractivity contribution in [3.63, 3.8) is 0 Å². The topological polar surface area (TPSA) is 43.2 Å². The van der Waals surface area contributed by atoms with Gasteiger partial charge in [-0.1, -0.05) is 11.3 Å². The summed E-state index contributed by atoms with van der Waals surface area (Å²) in [6, 6.07) is 4.07. The Morgan fingerprint density at radius 2 is 2.08 bits per heavy atom. The third-order valence-electron chi connectivity index (χ3n) is 4.97. The van der Waals surface area contributed by atoms with Crippen LogP contribution in [0.2, 0.25) is 0 Å². The minimum Gasteiger partial charge on any atom is -0.384 e. The van der Waals surface area contributed by atoms with Crippen LogP contribution in [0.1, 0.15) is 35.7 Å². The van der Waals surface area contributed by atoms with Crippen LogP contribution < -0.4 is 0 Å². The zero-order valence-corrected chi connectivity index (χ0v) is 14.3. The van der Waals surface area contributed by atoms with Crippen LogP contribution in [-0.4, -0.2) is 40.2 Å². The molecule has 0 bridgehead atoms. The Kier molecular flexibility index (Phi) is 4.52. The maximum atomic E-state index is 13.5. The third-order valence-corrected chi connectivity index (χ3v) is 4.97. The molecule has 0 saturated heterocycles. The van der Waals surface area contributed by atoms with Crippen LogP contribution >= 0.6 is 0 Å². The number of hydrogen-bond donors (Lipinski definition) is 0. The lowest BCUT2D eigenvalue weighted by atomic mass is 9.98. The molecule has 2 heterocycles. The molecule has 0 N–H and O–H groups in total. The second-order valence-electron chi connectivity index (χ2n) is 7.12. The van der Waals surface area contributed by atoms with Crippen molar-refractivity contribution in [2.75, 3.05) is 20.3 Å². The molecule has 1 atom stereocenters. The highest BCUT2D eigenvalue weighted by atomic mass is 19.2. The van der Waals surface area contributed by atoms with E-state index in [1.807, 2.05) is 4.68 Å². The van der Waals surface area contributed by atoms with Crippen molar-refractivity contribution in [2.24, 2.45) is 5.92 Å². The summed E-state index contributed by atoms with van der Waals surface area (Å²) in [5, 5.41) is 8.73. The molecule has 0 spiro atoms. The minimum atomic E-state index is -0.815. The fourth-order valence-electron chi connectivity index (χ4n) is 3.62. The number of rotatable bonds is 6. The van der Waals surface area contributed by atoms with E-state index in [-0.39, 0.29) is 5.92 Å². The van der Waals surface area contributed by atoms with Crippen LogP contribution in [0.15, 0.2) is 18.2 Å². The second-order valence-corrected chi connectivity index (χ2v) is 7.12. The number of benzene rings is 1. The summed E-state index contributed by atoms with van der Waals surface area (Å²) in [5.41, 5.74) is 2.90. The molecular formula is C18H22F2N4O. The summed E-state index contributed by atoms with van der Waals surface area (Å²) in [6.45, 7) is 3.54. The first-order chi connectivity index (χ1) is 12.1. The standard InChI is InChI=1S/C18H22F2N4O/c1-25-11-14-9-23(7-13-4-5-15(19)16(20)6-13)10-17-18(14)24(22-21-17)8-12-2-3-12/h4-6,12,14H,2-3,7-11H2,1H3. The van der Waals surface area contributed by atoms with Gasteiger partial charge in [-0.15, -0.1) is 5.10 Å². The number of methoxy groups -OCH3 is 1. The Balaban J connectivity index is 1.53. The summed E-state index contributed by atoms with van der Waals surface area (Å²) in [4.78, 5) is 2.19. The summed E-state index contributed by atoms with van der Waals surface area (Å²) in [7, 11) is 1.70. The van der Waals surface area contributed by atoms with Gasteiger partial charge < -0.3 is 4.74 Å². The maximum Gasteiger partial charge on any atom is 0.159 e. The molecule has 25 heavy (non-hydrogen) atoms. The predicted octanol–water partition coefficient (Wildman–Crippen LogP) is 2.71. The predicted molar refractivity (Wildman–Crippen MR) is 87.8 cm³/mol. The highest BCUT2D eigenvalue weighted by Crippen LogP contribution is 2.34. The lowest BCUT2D eigenvalue weighted by molar-refractivity contribution is 0.131. The van der Waals surface area contributed by atoms with Crippen molar-refractivity contribution >= 4 is 0 Å². The molecule has 7 heteroatoms.